The molecule has 0 amide bonds. The fourth-order valence-corrected chi connectivity index (χ4v) is 3.75. The Labute approximate surface area is 210 Å². The Bertz CT molecular complexity index is 1270. The van der Waals surface area contributed by atoms with E-state index in [9.17, 15) is 0 Å². The number of aryl methyl sites for hydroxylation is 1. The van der Waals surface area contributed by atoms with Crippen LogP contribution in [0.2, 0.25) is 0 Å². The molecule has 0 bridgehead atoms. The zero-order chi connectivity index (χ0) is 26.0. The number of nitrogens with one attached hydrogen (secondary N) is 3. The van der Waals surface area contributed by atoms with Crippen molar-refractivity contribution in [3.05, 3.63) is 83.3 Å². The first-order valence-corrected chi connectivity index (χ1v) is 11.9. The normalized spacial score (nSPS) is 11.7. The topological polar surface area (TPSA) is 77.6 Å². The van der Waals surface area contributed by atoms with E-state index in [1.54, 1.807) is 10.8 Å². The third kappa shape index (κ3) is 7.28. The highest BCUT2D eigenvalue weighted by Gasteiger charge is 2.17. The van der Waals surface area contributed by atoms with Gasteiger partial charge in [-0.05, 0) is 59.5 Å². The van der Waals surface area contributed by atoms with E-state index in [4.69, 9.17) is 10.8 Å². The minimum Gasteiger partial charge on any atom is -0.390 e. The van der Waals surface area contributed by atoms with Gasteiger partial charge < -0.3 is 10.7 Å². The van der Waals surface area contributed by atoms with Gasteiger partial charge in [-0.15, -0.1) is 6.58 Å². The Morgan fingerprint density at radius 1 is 1.11 bits per heavy atom. The number of unbranched alkanes of at least 4 members (excludes halogenated alkanes) is 2. The van der Waals surface area contributed by atoms with E-state index in [0.717, 1.165) is 65.2 Å². The van der Waals surface area contributed by atoms with Crippen molar-refractivity contribution >= 4 is 17.5 Å². The quantitative estimate of drug-likeness (QED) is 0.163. The summed E-state index contributed by atoms with van der Waals surface area (Å²) in [6.07, 6.45) is 8.14. The molecule has 0 saturated heterocycles. The summed E-state index contributed by atoms with van der Waals surface area (Å²) in [6.45, 7) is 18.5. The molecule has 0 unspecified atom stereocenters. The number of nitrogens with zero attached hydrogens (tertiary/aromatic N) is 2. The highest BCUT2D eigenvalue weighted by Crippen LogP contribution is 2.31. The highest BCUT2D eigenvalue weighted by molar-refractivity contribution is 5.85. The van der Waals surface area contributed by atoms with Crippen molar-refractivity contribution in [2.24, 2.45) is 0 Å². The Morgan fingerprint density at radius 3 is 2.40 bits per heavy atom. The zero-order valence-electron chi connectivity index (χ0n) is 21.7. The van der Waals surface area contributed by atoms with Crippen LogP contribution in [0.3, 0.4) is 0 Å². The lowest BCUT2D eigenvalue weighted by molar-refractivity contribution is 0.704. The zero-order valence-corrected chi connectivity index (χ0v) is 21.7. The third-order valence-electron chi connectivity index (χ3n) is 5.79. The molecule has 182 valence electrons. The average molecular weight is 468 g/mol. The highest BCUT2D eigenvalue weighted by atomic mass is 15.1. The summed E-state index contributed by atoms with van der Waals surface area (Å²) >= 11 is 0. The van der Waals surface area contributed by atoms with E-state index in [2.05, 4.69) is 54.4 Å². The fourth-order valence-electron chi connectivity index (χ4n) is 3.75. The van der Waals surface area contributed by atoms with Gasteiger partial charge in [0.2, 0.25) is 5.62 Å². The van der Waals surface area contributed by atoms with Crippen LogP contribution in [0.4, 0.5) is 0 Å². The molecule has 0 aliphatic carbocycles. The van der Waals surface area contributed by atoms with Crippen molar-refractivity contribution in [3.63, 3.8) is 0 Å². The number of hydrogen-bond acceptors (Lipinski definition) is 4. The molecule has 0 spiro atoms. The molecule has 35 heavy (non-hydrogen) atoms. The molecular weight excluding hydrogens is 430 g/mol. The predicted octanol–water partition coefficient (Wildman–Crippen LogP) is 6.41. The Hall–Kier alpha value is -3.91. The van der Waals surface area contributed by atoms with E-state index in [1.807, 2.05) is 45.9 Å². The maximum atomic E-state index is 8.50. The first-order valence-electron chi connectivity index (χ1n) is 11.9. The summed E-state index contributed by atoms with van der Waals surface area (Å²) in [5.74, 6) is 6.33. The number of allylic oxidation sites excluding steroid dienone is 5. The van der Waals surface area contributed by atoms with Crippen molar-refractivity contribution in [1.29, 1.82) is 10.8 Å². The average Bonchev–Trinajstić information content (AvgIpc) is 2.82. The summed E-state index contributed by atoms with van der Waals surface area (Å²) in [7, 11) is 0. The lowest BCUT2D eigenvalue weighted by Crippen LogP contribution is -2.26. The van der Waals surface area contributed by atoms with Gasteiger partial charge in [0.25, 0.3) is 0 Å². The molecule has 0 radical (unpaired) electrons. The maximum absolute atomic E-state index is 8.50. The van der Waals surface area contributed by atoms with Gasteiger partial charge >= 0.3 is 0 Å². The number of hydrogen-bond donors (Lipinski definition) is 3. The van der Waals surface area contributed by atoms with Gasteiger partial charge in [-0.1, -0.05) is 54.3 Å². The van der Waals surface area contributed by atoms with Crippen molar-refractivity contribution < 1.29 is 0 Å². The molecule has 0 aliphatic heterocycles. The van der Waals surface area contributed by atoms with Crippen molar-refractivity contribution in [2.45, 2.75) is 53.9 Å². The molecule has 1 heterocycles. The summed E-state index contributed by atoms with van der Waals surface area (Å²) in [5, 5.41) is 19.5. The monoisotopic (exact) mass is 467 g/mol. The number of rotatable bonds is 10. The van der Waals surface area contributed by atoms with Crippen LogP contribution in [0, 0.1) is 36.5 Å². The predicted molar refractivity (Wildman–Crippen MR) is 149 cm³/mol. The van der Waals surface area contributed by atoms with Gasteiger partial charge in [0.15, 0.2) is 0 Å². The van der Waals surface area contributed by atoms with Crippen LogP contribution < -0.4 is 10.9 Å². The summed E-state index contributed by atoms with van der Waals surface area (Å²) in [5.41, 5.74) is 8.09. The van der Waals surface area contributed by atoms with Gasteiger partial charge in [0.05, 0.1) is 11.3 Å². The first kappa shape index (κ1) is 27.3. The fraction of sp³-hybridized carbons (Fsp3) is 0.300. The number of aromatic nitrogens is 2. The van der Waals surface area contributed by atoms with Crippen LogP contribution in [-0.4, -0.2) is 22.3 Å². The Morgan fingerprint density at radius 2 is 1.80 bits per heavy atom. The van der Waals surface area contributed by atoms with Crippen LogP contribution >= 0.6 is 0 Å². The van der Waals surface area contributed by atoms with Crippen LogP contribution in [0.1, 0.15) is 56.9 Å². The molecule has 2 rings (SSSR count). The van der Waals surface area contributed by atoms with Gasteiger partial charge in [-0.25, -0.2) is 4.98 Å². The minimum absolute atomic E-state index is 0.152. The molecule has 1 aromatic carbocycles. The Kier molecular flexibility index (Phi) is 10.2. The van der Waals surface area contributed by atoms with E-state index < -0.39 is 0 Å². The molecule has 0 saturated carbocycles. The first-order chi connectivity index (χ1) is 16.7. The minimum atomic E-state index is 0.152. The van der Waals surface area contributed by atoms with E-state index >= 15 is 0 Å². The van der Waals surface area contributed by atoms with Crippen LogP contribution in [-0.2, 0) is 0 Å². The van der Waals surface area contributed by atoms with E-state index in [-0.39, 0.29) is 5.62 Å². The molecule has 2 aromatic rings. The molecule has 5 nitrogen and oxygen atoms in total. The summed E-state index contributed by atoms with van der Waals surface area (Å²) in [4.78, 5) is 4.66. The summed E-state index contributed by atoms with van der Waals surface area (Å²) < 4.78 is 1.76. The molecular formula is C30H37N5. The van der Waals surface area contributed by atoms with E-state index in [0.29, 0.717) is 5.57 Å². The molecule has 3 N–H and O–H groups in total. The van der Waals surface area contributed by atoms with Crippen LogP contribution in [0.5, 0.6) is 0 Å². The second kappa shape index (κ2) is 13.1. The van der Waals surface area contributed by atoms with Gasteiger partial charge in [-0.3, -0.25) is 9.98 Å². The lowest BCUT2D eigenvalue weighted by atomic mass is 9.95. The van der Waals surface area contributed by atoms with Crippen molar-refractivity contribution in [3.8, 4) is 23.1 Å². The second-order valence-corrected chi connectivity index (χ2v) is 8.66. The molecule has 0 atom stereocenters. The standard InChI is InChI=1S/C30H37N5/c1-8-9-10-11-18-33-20-26(19-31)15-14-23(5)24(6)28-25(7)35(21(2)3)30(32)34-29(28)27-16-12-22(4)13-17-27/h8,12-13,16-17,19-20,31-33H,1-2,9-11,18H2,3-7H3/b24-23+,26-20-,31-19?,32-30?. The van der Waals surface area contributed by atoms with Crippen LogP contribution in [0.25, 0.3) is 22.5 Å². The lowest BCUT2D eigenvalue weighted by Gasteiger charge is -2.19. The van der Waals surface area contributed by atoms with Gasteiger partial charge in [-0.2, -0.15) is 0 Å². The van der Waals surface area contributed by atoms with E-state index in [1.165, 1.54) is 11.8 Å². The van der Waals surface area contributed by atoms with Crippen LogP contribution in [0.15, 0.2) is 60.8 Å². The molecule has 5 heteroatoms. The van der Waals surface area contributed by atoms with Crippen molar-refractivity contribution in [1.82, 2.24) is 14.9 Å². The molecule has 0 aliphatic rings. The largest absolute Gasteiger partial charge is 0.390 e. The Balaban J connectivity index is 2.52. The molecule has 1 aromatic heterocycles. The summed E-state index contributed by atoms with van der Waals surface area (Å²) in [6, 6.07) is 8.18. The smallest absolute Gasteiger partial charge is 0.227 e. The SMILES string of the molecule is C=CCCCCN/C=C(/C#C/C(C)=C(\C)c1c(-c2ccc(C)cc2)nc(=N)n(C(=C)C)c1C)C=N. The molecule has 0 fully saturated rings. The number of benzene rings is 1. The van der Waals surface area contributed by atoms with Gasteiger partial charge in [0.1, 0.15) is 0 Å². The maximum Gasteiger partial charge on any atom is 0.227 e. The third-order valence-corrected chi connectivity index (χ3v) is 5.79. The van der Waals surface area contributed by atoms with Crippen molar-refractivity contribution in [2.75, 3.05) is 6.54 Å². The van der Waals surface area contributed by atoms with Gasteiger partial charge in [0, 0.05) is 47.1 Å². The second-order valence-electron chi connectivity index (χ2n) is 8.66.